The first-order valence-electron chi connectivity index (χ1n) is 7.50. The van der Waals surface area contributed by atoms with Crippen molar-refractivity contribution in [2.24, 2.45) is 7.05 Å². The molecule has 0 aliphatic carbocycles. The topological polar surface area (TPSA) is 101 Å². The molecule has 0 fully saturated rings. The van der Waals surface area contributed by atoms with Crippen LogP contribution in [-0.2, 0) is 7.05 Å². The lowest BCUT2D eigenvalue weighted by Gasteiger charge is -2.11. The van der Waals surface area contributed by atoms with Crippen LogP contribution >= 0.6 is 0 Å². The molecule has 0 bridgehead atoms. The number of anilines is 1. The summed E-state index contributed by atoms with van der Waals surface area (Å²) in [5, 5.41) is 16.7. The van der Waals surface area contributed by atoms with Gasteiger partial charge < -0.3 is 10.4 Å². The molecule has 3 aromatic rings. The van der Waals surface area contributed by atoms with Crippen LogP contribution in [0.5, 0.6) is 0 Å². The zero-order chi connectivity index (χ0) is 18.1. The quantitative estimate of drug-likeness (QED) is 0.763. The Labute approximate surface area is 142 Å². The van der Waals surface area contributed by atoms with Gasteiger partial charge in [-0.1, -0.05) is 24.3 Å². The van der Waals surface area contributed by atoms with E-state index in [2.05, 4.69) is 10.4 Å². The number of hydrogen-bond acceptors (Lipinski definition) is 4. The SMILES string of the molecule is Cc1ccc(C(=O)O)cc1NC(=O)c1nn(C)c(=O)c2ccccc12. The molecule has 0 spiro atoms. The second-order valence-electron chi connectivity index (χ2n) is 5.61. The van der Waals surface area contributed by atoms with Crippen molar-refractivity contribution >= 4 is 28.3 Å². The highest BCUT2D eigenvalue weighted by Crippen LogP contribution is 2.19. The standard InChI is InChI=1S/C18H15N3O4/c1-10-7-8-11(18(24)25)9-14(10)19-16(22)15-12-5-3-4-6-13(12)17(23)21(2)20-15/h3-9H,1-2H3,(H,19,22)(H,24,25). The van der Waals surface area contributed by atoms with Gasteiger partial charge in [0.15, 0.2) is 5.69 Å². The molecule has 7 nitrogen and oxygen atoms in total. The van der Waals surface area contributed by atoms with Crippen LogP contribution < -0.4 is 10.9 Å². The lowest BCUT2D eigenvalue weighted by molar-refractivity contribution is 0.0696. The molecule has 0 atom stereocenters. The maximum Gasteiger partial charge on any atom is 0.335 e. The van der Waals surface area contributed by atoms with Crippen molar-refractivity contribution in [1.29, 1.82) is 0 Å². The summed E-state index contributed by atoms with van der Waals surface area (Å²) in [5.74, 6) is -1.60. The number of nitrogens with zero attached hydrogens (tertiary/aromatic N) is 2. The van der Waals surface area contributed by atoms with Crippen molar-refractivity contribution in [1.82, 2.24) is 9.78 Å². The van der Waals surface area contributed by atoms with Gasteiger partial charge in [0.2, 0.25) is 0 Å². The maximum atomic E-state index is 12.7. The number of carboxylic acid groups (broad SMARTS) is 1. The summed E-state index contributed by atoms with van der Waals surface area (Å²) in [7, 11) is 1.47. The highest BCUT2D eigenvalue weighted by Gasteiger charge is 2.17. The summed E-state index contributed by atoms with van der Waals surface area (Å²) in [5.41, 5.74) is 0.963. The minimum absolute atomic E-state index is 0.0687. The van der Waals surface area contributed by atoms with Gasteiger partial charge in [0.05, 0.1) is 10.9 Å². The second-order valence-corrected chi connectivity index (χ2v) is 5.61. The molecule has 126 valence electrons. The molecule has 0 aliphatic rings. The number of rotatable bonds is 3. The molecule has 25 heavy (non-hydrogen) atoms. The molecule has 2 aromatic carbocycles. The number of aromatic nitrogens is 2. The van der Waals surface area contributed by atoms with Crippen LogP contribution in [-0.4, -0.2) is 26.8 Å². The van der Waals surface area contributed by atoms with Crippen LogP contribution in [0.2, 0.25) is 0 Å². The van der Waals surface area contributed by atoms with Crippen LogP contribution in [0.25, 0.3) is 10.8 Å². The van der Waals surface area contributed by atoms with E-state index in [4.69, 9.17) is 5.11 Å². The van der Waals surface area contributed by atoms with Crippen molar-refractivity contribution < 1.29 is 14.7 Å². The fourth-order valence-corrected chi connectivity index (χ4v) is 2.54. The smallest absolute Gasteiger partial charge is 0.335 e. The van der Waals surface area contributed by atoms with E-state index in [0.717, 1.165) is 4.68 Å². The maximum absolute atomic E-state index is 12.7. The highest BCUT2D eigenvalue weighted by molar-refractivity contribution is 6.11. The average molecular weight is 337 g/mol. The Balaban J connectivity index is 2.07. The van der Waals surface area contributed by atoms with Crippen LogP contribution in [0.1, 0.15) is 26.4 Å². The molecule has 0 saturated heterocycles. The molecule has 0 saturated carbocycles. The largest absolute Gasteiger partial charge is 0.478 e. The van der Waals surface area contributed by atoms with E-state index in [1.165, 1.54) is 19.2 Å². The highest BCUT2D eigenvalue weighted by atomic mass is 16.4. The Bertz CT molecular complexity index is 1070. The fraction of sp³-hybridized carbons (Fsp3) is 0.111. The number of nitrogens with one attached hydrogen (secondary N) is 1. The van der Waals surface area contributed by atoms with E-state index in [1.54, 1.807) is 37.3 Å². The number of aryl methyl sites for hydroxylation is 2. The summed E-state index contributed by atoms with van der Waals surface area (Å²) < 4.78 is 1.11. The van der Waals surface area contributed by atoms with Gasteiger partial charge >= 0.3 is 5.97 Å². The van der Waals surface area contributed by atoms with Crippen LogP contribution in [0.4, 0.5) is 5.69 Å². The minimum atomic E-state index is -1.08. The first-order chi connectivity index (χ1) is 11.9. The summed E-state index contributed by atoms with van der Waals surface area (Å²) in [6.07, 6.45) is 0. The number of carbonyl (C=O) groups is 2. The van der Waals surface area contributed by atoms with Crippen molar-refractivity contribution in [3.8, 4) is 0 Å². The average Bonchev–Trinajstić information content (AvgIpc) is 2.59. The Hall–Kier alpha value is -3.48. The third kappa shape index (κ3) is 2.99. The lowest BCUT2D eigenvalue weighted by atomic mass is 10.1. The summed E-state index contributed by atoms with van der Waals surface area (Å²) in [4.78, 5) is 35.9. The van der Waals surface area contributed by atoms with Crippen LogP contribution in [0.3, 0.4) is 0 Å². The molecular weight excluding hydrogens is 322 g/mol. The molecule has 0 radical (unpaired) electrons. The van der Waals surface area contributed by atoms with Crippen molar-refractivity contribution in [2.75, 3.05) is 5.32 Å². The van der Waals surface area contributed by atoms with Gasteiger partial charge in [-0.2, -0.15) is 5.10 Å². The van der Waals surface area contributed by atoms with Gasteiger partial charge in [0.25, 0.3) is 11.5 Å². The number of aromatic carboxylic acids is 1. The fourth-order valence-electron chi connectivity index (χ4n) is 2.54. The molecule has 0 unspecified atom stereocenters. The molecule has 1 aromatic heterocycles. The van der Waals surface area contributed by atoms with E-state index in [1.807, 2.05) is 0 Å². The number of hydrogen-bond donors (Lipinski definition) is 2. The van der Waals surface area contributed by atoms with Gasteiger partial charge in [-0.05, 0) is 30.7 Å². The Morgan fingerprint density at radius 1 is 1.12 bits per heavy atom. The predicted octanol–water partition coefficient (Wildman–Crippen LogP) is 2.19. The number of carboxylic acids is 1. The third-order valence-corrected chi connectivity index (χ3v) is 3.90. The Morgan fingerprint density at radius 2 is 1.80 bits per heavy atom. The van der Waals surface area contributed by atoms with Crippen molar-refractivity contribution in [3.05, 3.63) is 69.6 Å². The minimum Gasteiger partial charge on any atom is -0.478 e. The summed E-state index contributed by atoms with van der Waals surface area (Å²) >= 11 is 0. The van der Waals surface area contributed by atoms with Gasteiger partial charge in [0.1, 0.15) is 0 Å². The van der Waals surface area contributed by atoms with Crippen molar-refractivity contribution in [2.45, 2.75) is 6.92 Å². The van der Waals surface area contributed by atoms with Crippen molar-refractivity contribution in [3.63, 3.8) is 0 Å². The lowest BCUT2D eigenvalue weighted by Crippen LogP contribution is -2.25. The molecular formula is C18H15N3O4. The Kier molecular flexibility index (Phi) is 4.06. The molecule has 1 heterocycles. The molecule has 7 heteroatoms. The van der Waals surface area contributed by atoms with E-state index in [-0.39, 0.29) is 16.8 Å². The van der Waals surface area contributed by atoms with Crippen LogP contribution in [0.15, 0.2) is 47.3 Å². The molecule has 3 rings (SSSR count). The van der Waals surface area contributed by atoms with E-state index in [0.29, 0.717) is 22.0 Å². The first kappa shape index (κ1) is 16.4. The predicted molar refractivity (Wildman–Crippen MR) is 93.1 cm³/mol. The molecule has 0 aliphatic heterocycles. The number of benzene rings is 2. The monoisotopic (exact) mass is 337 g/mol. The second kappa shape index (κ2) is 6.20. The normalized spacial score (nSPS) is 10.6. The zero-order valence-corrected chi connectivity index (χ0v) is 13.6. The van der Waals surface area contributed by atoms with E-state index >= 15 is 0 Å². The summed E-state index contributed by atoms with van der Waals surface area (Å²) in [6.45, 7) is 1.76. The summed E-state index contributed by atoms with van der Waals surface area (Å²) in [6, 6.07) is 11.2. The number of amides is 1. The third-order valence-electron chi connectivity index (χ3n) is 3.90. The first-order valence-corrected chi connectivity index (χ1v) is 7.50. The van der Waals surface area contributed by atoms with Gasteiger partial charge in [-0.3, -0.25) is 9.59 Å². The molecule has 1 amide bonds. The Morgan fingerprint density at radius 3 is 2.48 bits per heavy atom. The number of fused-ring (bicyclic) bond motifs is 1. The number of carbonyl (C=O) groups excluding carboxylic acids is 1. The van der Waals surface area contributed by atoms with Gasteiger partial charge in [-0.25, -0.2) is 9.48 Å². The molecule has 2 N–H and O–H groups in total. The van der Waals surface area contributed by atoms with E-state index < -0.39 is 11.9 Å². The van der Waals surface area contributed by atoms with Gasteiger partial charge in [0, 0.05) is 18.1 Å². The zero-order valence-electron chi connectivity index (χ0n) is 13.6. The van der Waals surface area contributed by atoms with Crippen LogP contribution in [0, 0.1) is 6.92 Å². The van der Waals surface area contributed by atoms with Gasteiger partial charge in [-0.15, -0.1) is 0 Å². The van der Waals surface area contributed by atoms with E-state index in [9.17, 15) is 14.4 Å².